The number of hydrogen-bond acceptors (Lipinski definition) is 28. The van der Waals surface area contributed by atoms with Crippen molar-refractivity contribution in [2.75, 3.05) is 27.9 Å². The van der Waals surface area contributed by atoms with Crippen LogP contribution in [0.4, 0.5) is 0 Å². The number of aliphatic carboxylic acids is 1. The molecule has 4 rings (SSSR count). The van der Waals surface area contributed by atoms with Gasteiger partial charge in [0.1, 0.15) is 24.0 Å². The van der Waals surface area contributed by atoms with E-state index in [0.717, 1.165) is 10.5 Å². The molecule has 30 heteroatoms. The molecule has 1 amide bonds. The summed E-state index contributed by atoms with van der Waals surface area (Å²) in [6, 6.07) is -1.18. The van der Waals surface area contributed by atoms with Crippen LogP contribution in [0.3, 0.4) is 0 Å². The molecule has 702 valence electrons. The number of carbonyl (C=O) groups excluding carboxylic acids is 4. The summed E-state index contributed by atoms with van der Waals surface area (Å²) >= 11 is 0. The standard InChI is InChI=1S/C47H73NO14.C47H4.H3NO14.34H2/c1-27-20-28(2)22-39(59-7)43-40(60-8)24-30(4)47(57,62-43)44(54)45(55)48-19-13-12-15-34(48)46(56)61-42(29(3)23-32-17-18-35(49)38(25-32)58-6)31(5)36(50)26-37(51)33(21-27)14-10-9-11-16-41(52)53;1-3-5-7-9-11-13-15-17-19-21-23-25-27-29-31-33-35-37-39-41-43-45-47-46-44-42-40-38-36-34-32-30-28-26-24-22-20-18-16-14-12-10-8-6-4-2;2-6-10-14-12-8-4-1-5-9-13-15-11-7-3;;;;;;;;;;;;;;;;;;;;;;;;;;;;;;;;;;/h9-10,21,23,28,30-36,38-40,42-43,49-50,57H,11-20,22,24-26H2,1-8H3,(H,52,53);1H,2H3;1-3H;34*1H/b10-9+,27-21+,29-23+;;;;;;;;;;;;;;;;;;;;;;;;;;;;;;;;;;;;/t28-,30+,31+,32-,33+,34-,35+,36-,38+,39-,40-,42+,43+,47+;;;;;;;;;;;;;;;;;;;;;;;;;;;;;;;;;;;;/m0..................................../s1. The predicted octanol–water partition coefficient (Wildman–Crippen LogP) is 12.7. The van der Waals surface area contributed by atoms with E-state index in [9.17, 15) is 39.3 Å². The van der Waals surface area contributed by atoms with Gasteiger partial charge in [-0.15, -0.1) is 6.42 Å². The number of piperidine rings is 1. The number of aliphatic hydroxyl groups is 3. The number of Topliss-reactive ketones (excluding diaryl/α,β-unsaturated/α-hetero) is 2. The molecule has 7 N–H and O–H groups in total. The zero-order chi connectivity index (χ0) is 90.9. The summed E-state index contributed by atoms with van der Waals surface area (Å²) < 4.78 is 29.8. The molecule has 0 spiro atoms. The van der Waals surface area contributed by atoms with Crippen LogP contribution in [0.2, 0.25) is 0 Å². The quantitative estimate of drug-likeness (QED) is 0.0101. The maximum atomic E-state index is 14.4. The number of carbonyl (C=O) groups is 5. The summed E-state index contributed by atoms with van der Waals surface area (Å²) in [5.41, 5.74) is 2.88. The molecule has 2 saturated heterocycles. The van der Waals surface area contributed by atoms with Crippen molar-refractivity contribution in [1.29, 1.82) is 0 Å². The molecule has 0 aromatic carbocycles. The van der Waals surface area contributed by atoms with Gasteiger partial charge in [-0.25, -0.2) is 15.3 Å². The first kappa shape index (κ1) is 106. The number of cyclic esters (lactones) is 1. The molecular formula is C94H148N2O28. The van der Waals surface area contributed by atoms with Gasteiger partial charge in [0.05, 0.1) is 30.5 Å². The fraction of sp³-hybridized carbons (Fsp3) is 0.394. The van der Waals surface area contributed by atoms with Crippen molar-refractivity contribution in [1.82, 2.24) is 10.5 Å². The van der Waals surface area contributed by atoms with E-state index >= 15 is 0 Å². The minimum Gasteiger partial charge on any atom is -0.481 e. The number of terminal acetylenes is 1. The number of nitrogens with zero attached hydrogens (tertiary/aromatic N) is 1. The lowest BCUT2D eigenvalue weighted by Crippen LogP contribution is -2.64. The molecule has 14 atom stereocenters. The van der Waals surface area contributed by atoms with E-state index in [1.54, 1.807) is 47.0 Å². The SMILES string of the molecule is C#CC#CC#CC#CC#CC#CC#CC#CC#CC#CC#CC#CC#CC#CC#CC#CC#CC#CC#CC#CC#CC#CC#CC.CO[C@H]1C[C@@H](C)C/C(C)=C/[C@@H](C/C=C/CCC(=O)O)C(=O)C[C@H](O)[C@@H](C)[C@@H](/C(C)=C/[C@@H]2CC[C@@H](O)[C@H](OC)C2)OC(=O)[C@@H]2CCCCN2C(=O)C(=O)[C@]2(O)O[C@H]1[C@@H](OC)C[C@H]2C.OOOOOOONOOOOOOO.[HH].[HH].[HH].[HH].[HH].[HH].[HH].[HH].[HH].[HH].[HH].[HH].[HH].[HH].[HH].[HH].[HH].[HH].[HH].[HH].[HH].[HH].[HH].[HH].[HH].[HH].[HH].[HH].[HH].[HH].[HH].[HH].[HH].[HH]. The highest BCUT2D eigenvalue weighted by Crippen LogP contribution is 2.39. The number of methoxy groups -OCH3 is 3. The molecule has 0 unspecified atom stereocenters. The lowest BCUT2D eigenvalue weighted by Gasteiger charge is -2.47. The Morgan fingerprint density at radius 2 is 0.992 bits per heavy atom. The number of carboxylic acids is 1. The van der Waals surface area contributed by atoms with Gasteiger partial charge in [-0.05, 0) is 260 Å². The molecule has 3 heterocycles. The monoisotopic (exact) mass is 1750 g/mol. The van der Waals surface area contributed by atoms with E-state index in [1.165, 1.54) is 19.9 Å². The van der Waals surface area contributed by atoms with Crippen LogP contribution < -0.4 is 5.64 Å². The lowest BCUT2D eigenvalue weighted by molar-refractivity contribution is -0.816. The summed E-state index contributed by atoms with van der Waals surface area (Å²) in [6.07, 6.45) is 11.1. The number of allylic oxidation sites excluding steroid dienone is 5. The number of nitrogens with one attached hydrogen (secondary N) is 1. The Labute approximate surface area is 771 Å². The smallest absolute Gasteiger partial charge is 0.329 e. The largest absolute Gasteiger partial charge is 0.481 e. The summed E-state index contributed by atoms with van der Waals surface area (Å²) in [4.78, 5) is 76.8. The van der Waals surface area contributed by atoms with Crippen LogP contribution in [0.15, 0.2) is 35.5 Å². The summed E-state index contributed by atoms with van der Waals surface area (Å²) in [7, 11) is 4.56. The van der Waals surface area contributed by atoms with E-state index in [4.69, 9.17) is 45.7 Å². The molecule has 0 aromatic heterocycles. The third-order valence-corrected chi connectivity index (χ3v) is 16.7. The van der Waals surface area contributed by atoms with Crippen molar-refractivity contribution in [3.63, 3.8) is 0 Å². The zero-order valence-electron chi connectivity index (χ0n) is 68.4. The van der Waals surface area contributed by atoms with Gasteiger partial charge in [-0.2, -0.15) is 0 Å². The van der Waals surface area contributed by atoms with Crippen molar-refractivity contribution in [3.05, 3.63) is 35.5 Å². The Balaban J connectivity index is -0.0000000480. The number of amides is 1. The molecule has 2 bridgehead atoms. The van der Waals surface area contributed by atoms with Crippen LogP contribution in [-0.2, 0) is 108 Å². The molecule has 124 heavy (non-hydrogen) atoms. The average Bonchev–Trinajstić information content (AvgIpc) is 0.760. The normalized spacial score (nSPS) is 22.2. The summed E-state index contributed by atoms with van der Waals surface area (Å²) in [5, 5.41) is 91.3. The zero-order valence-corrected chi connectivity index (χ0v) is 68.4. The first-order valence-corrected chi connectivity index (χ1v) is 36.7. The number of ether oxygens (including phenoxy) is 5. The van der Waals surface area contributed by atoms with Crippen molar-refractivity contribution < 1.29 is 187 Å². The Kier molecular flexibility index (Phi) is 58.8. The average molecular weight is 1750 g/mol. The topological polar surface area (TPSA) is 379 Å². The van der Waals surface area contributed by atoms with Crippen molar-refractivity contribution >= 4 is 29.4 Å². The fourth-order valence-corrected chi connectivity index (χ4v) is 11.3. The highest BCUT2D eigenvalue weighted by Gasteiger charge is 2.57. The van der Waals surface area contributed by atoms with Gasteiger partial charge < -0.3 is 49.0 Å². The van der Waals surface area contributed by atoms with Crippen LogP contribution in [0.5, 0.6) is 0 Å². The maximum Gasteiger partial charge on any atom is 0.329 e. The van der Waals surface area contributed by atoms with Crippen molar-refractivity contribution in [3.8, 4) is 273 Å². The number of carboxylic acid groups (broad SMARTS) is 1. The van der Waals surface area contributed by atoms with E-state index in [2.05, 4.69) is 327 Å². The second kappa shape index (κ2) is 68.7. The third-order valence-electron chi connectivity index (χ3n) is 16.7. The maximum absolute atomic E-state index is 14.4. The van der Waals surface area contributed by atoms with E-state index in [0.29, 0.717) is 56.9 Å². The lowest BCUT2D eigenvalue weighted by atomic mass is 9.81. The van der Waals surface area contributed by atoms with Crippen LogP contribution in [0, 0.1) is 302 Å². The van der Waals surface area contributed by atoms with Crippen LogP contribution in [0.25, 0.3) is 0 Å². The number of aliphatic hydroxyl groups excluding tert-OH is 2. The van der Waals surface area contributed by atoms with Gasteiger partial charge in [0.15, 0.2) is 0 Å². The number of hydrogen-bond donors (Lipinski definition) is 7. The minimum absolute atomic E-state index is 0. The first-order valence-electron chi connectivity index (χ1n) is 36.7. The Morgan fingerprint density at radius 3 is 1.41 bits per heavy atom. The Bertz CT molecular complexity index is 5480. The van der Waals surface area contributed by atoms with Gasteiger partial charge in [-0.1, -0.05) is 66.5 Å². The summed E-state index contributed by atoms with van der Waals surface area (Å²) in [6.45, 7) is 10.8. The minimum atomic E-state index is -2.54. The highest BCUT2D eigenvalue weighted by molar-refractivity contribution is 6.39. The molecule has 4 aliphatic rings. The second-order valence-electron chi connectivity index (χ2n) is 25.1. The fourth-order valence-electron chi connectivity index (χ4n) is 11.3. The molecule has 0 aromatic rings. The van der Waals surface area contributed by atoms with Crippen LogP contribution in [-0.4, -0.2) is 148 Å². The van der Waals surface area contributed by atoms with Gasteiger partial charge in [0.25, 0.3) is 11.7 Å². The molecule has 1 saturated carbocycles. The van der Waals surface area contributed by atoms with Gasteiger partial charge in [-0.3, -0.25) is 19.2 Å². The van der Waals surface area contributed by atoms with E-state index < -0.39 is 89.8 Å². The predicted molar refractivity (Wildman–Crippen MR) is 507 cm³/mol. The Morgan fingerprint density at radius 1 is 0.565 bits per heavy atom. The van der Waals surface area contributed by atoms with Crippen molar-refractivity contribution in [2.45, 2.75) is 180 Å². The second-order valence-corrected chi connectivity index (χ2v) is 25.1. The highest BCUT2D eigenvalue weighted by atomic mass is 17.9. The summed E-state index contributed by atoms with van der Waals surface area (Å²) in [5.74, 6) is 103. The molecule has 1 aliphatic carbocycles. The third kappa shape index (κ3) is 47.7. The molecule has 3 aliphatic heterocycles. The molecule has 3 fully saturated rings. The van der Waals surface area contributed by atoms with Crippen LogP contribution in [0.1, 0.15) is 174 Å². The van der Waals surface area contributed by atoms with E-state index in [-0.39, 0.29) is 111 Å². The first-order chi connectivity index (χ1) is 60.2. The Hall–Kier alpha value is -14.0. The van der Waals surface area contributed by atoms with Crippen LogP contribution >= 0.6 is 0 Å². The van der Waals surface area contributed by atoms with Gasteiger partial charge in [0, 0.05) is 273 Å². The molecule has 30 nitrogen and oxygen atoms in total. The number of ketones is 2. The number of rotatable bonds is 22. The van der Waals surface area contributed by atoms with Gasteiger partial charge in [0.2, 0.25) is 5.79 Å². The van der Waals surface area contributed by atoms with Gasteiger partial charge >= 0.3 is 11.9 Å². The van der Waals surface area contributed by atoms with Crippen molar-refractivity contribution in [2.24, 2.45) is 29.6 Å². The number of esters is 1. The molecule has 0 radical (unpaired) electrons. The van der Waals surface area contributed by atoms with E-state index in [1.807, 2.05) is 26.0 Å². The molecular weight excluding hydrogens is 1610 g/mol. The number of fused-ring (bicyclic) bond motifs is 3.